The number of carbonyl (C=O) groups excluding carboxylic acids is 1. The summed E-state index contributed by atoms with van der Waals surface area (Å²) in [6, 6.07) is 0. The van der Waals surface area contributed by atoms with Gasteiger partial charge in [-0.15, -0.1) is 0 Å². The van der Waals surface area contributed by atoms with Gasteiger partial charge in [0.25, 0.3) is 0 Å². The van der Waals surface area contributed by atoms with Crippen molar-refractivity contribution in [3.63, 3.8) is 0 Å². The van der Waals surface area contributed by atoms with Crippen molar-refractivity contribution in [2.75, 3.05) is 20.1 Å². The Morgan fingerprint density at radius 2 is 2.47 bits per heavy atom. The zero-order valence-electron chi connectivity index (χ0n) is 9.29. The molecule has 1 aromatic heterocycles. The van der Waals surface area contributed by atoms with Crippen LogP contribution in [0.2, 0.25) is 0 Å². The molecule has 1 unspecified atom stereocenters. The highest BCUT2D eigenvalue weighted by Gasteiger charge is 2.20. The van der Waals surface area contributed by atoms with Crippen molar-refractivity contribution in [3.05, 3.63) is 17.7 Å². The first-order valence-corrected chi connectivity index (χ1v) is 5.41. The molecule has 1 aromatic rings. The zero-order valence-corrected chi connectivity index (χ0v) is 9.29. The van der Waals surface area contributed by atoms with Crippen molar-refractivity contribution in [3.8, 4) is 0 Å². The summed E-state index contributed by atoms with van der Waals surface area (Å²) in [4.78, 5) is 20.6. The normalized spacial score (nSPS) is 22.9. The highest BCUT2D eigenvalue weighted by atomic mass is 16.1. The van der Waals surface area contributed by atoms with Crippen LogP contribution in [0.25, 0.3) is 0 Å². The Morgan fingerprint density at radius 1 is 1.67 bits per heavy atom. The number of aromatic amines is 1. The first-order valence-electron chi connectivity index (χ1n) is 5.41. The summed E-state index contributed by atoms with van der Waals surface area (Å²) in [5, 5.41) is 0. The number of Topliss-reactive ketones (excluding diaryl/α,β-unsaturated/α-hetero) is 1. The molecular formula is C11H17N3O. The van der Waals surface area contributed by atoms with Crippen LogP contribution in [0.4, 0.5) is 0 Å². The molecule has 4 nitrogen and oxygen atoms in total. The van der Waals surface area contributed by atoms with E-state index < -0.39 is 0 Å². The van der Waals surface area contributed by atoms with Gasteiger partial charge < -0.3 is 9.88 Å². The topological polar surface area (TPSA) is 49.0 Å². The molecule has 82 valence electrons. The molecular weight excluding hydrogens is 190 g/mol. The van der Waals surface area contributed by atoms with Gasteiger partial charge in [-0.25, -0.2) is 4.98 Å². The van der Waals surface area contributed by atoms with Crippen LogP contribution in [-0.4, -0.2) is 40.8 Å². The molecule has 1 aliphatic rings. The first-order chi connectivity index (χ1) is 7.16. The van der Waals surface area contributed by atoms with Crippen molar-refractivity contribution in [2.45, 2.75) is 25.7 Å². The molecule has 2 heterocycles. The Labute approximate surface area is 89.7 Å². The smallest absolute Gasteiger partial charge is 0.194 e. The van der Waals surface area contributed by atoms with Crippen molar-refractivity contribution < 1.29 is 4.79 Å². The predicted molar refractivity (Wildman–Crippen MR) is 58.1 cm³/mol. The van der Waals surface area contributed by atoms with Gasteiger partial charge in [0, 0.05) is 31.3 Å². The number of imidazole rings is 1. The Morgan fingerprint density at radius 3 is 3.07 bits per heavy atom. The van der Waals surface area contributed by atoms with Crippen molar-refractivity contribution in [2.24, 2.45) is 0 Å². The van der Waals surface area contributed by atoms with E-state index in [0.29, 0.717) is 11.7 Å². The molecule has 0 amide bonds. The maximum atomic E-state index is 11.1. The number of ketones is 1. The van der Waals surface area contributed by atoms with E-state index in [1.54, 1.807) is 6.20 Å². The van der Waals surface area contributed by atoms with E-state index in [2.05, 4.69) is 21.9 Å². The summed E-state index contributed by atoms with van der Waals surface area (Å²) in [5.41, 5.74) is 1.10. The number of hydrogen-bond acceptors (Lipinski definition) is 3. The van der Waals surface area contributed by atoms with E-state index in [1.807, 2.05) is 0 Å². The van der Waals surface area contributed by atoms with Gasteiger partial charge in [-0.1, -0.05) is 0 Å². The lowest BCUT2D eigenvalue weighted by molar-refractivity contribution is 0.100. The molecule has 0 aliphatic carbocycles. The number of rotatable bonds is 2. The van der Waals surface area contributed by atoms with E-state index in [-0.39, 0.29) is 5.78 Å². The first kappa shape index (κ1) is 10.4. The third-order valence-electron chi connectivity index (χ3n) is 2.99. The molecule has 1 saturated heterocycles. The summed E-state index contributed by atoms with van der Waals surface area (Å²) in [7, 11) is 2.13. The quantitative estimate of drug-likeness (QED) is 0.746. The molecule has 1 N–H and O–H groups in total. The average Bonchev–Trinajstić information content (AvgIpc) is 2.66. The molecule has 4 heteroatoms. The maximum Gasteiger partial charge on any atom is 0.194 e. The van der Waals surface area contributed by atoms with Gasteiger partial charge in [-0.3, -0.25) is 4.79 Å². The van der Waals surface area contributed by atoms with Crippen molar-refractivity contribution in [1.82, 2.24) is 14.9 Å². The van der Waals surface area contributed by atoms with Gasteiger partial charge in [0.2, 0.25) is 0 Å². The van der Waals surface area contributed by atoms with E-state index in [4.69, 9.17) is 0 Å². The van der Waals surface area contributed by atoms with Gasteiger partial charge in [-0.05, 0) is 26.4 Å². The Bertz CT molecular complexity index is 358. The summed E-state index contributed by atoms with van der Waals surface area (Å²) in [5.74, 6) is 0.994. The van der Waals surface area contributed by atoms with E-state index >= 15 is 0 Å². The monoisotopic (exact) mass is 207 g/mol. The average molecular weight is 207 g/mol. The molecule has 15 heavy (non-hydrogen) atoms. The standard InChI is InChI=1S/C11H17N3O/c1-8(15)11-12-6-10(13-11)9-4-3-5-14(2)7-9/h6,9H,3-5,7H2,1-2H3,(H,12,13). The number of piperidine rings is 1. The number of nitrogens with zero attached hydrogens (tertiary/aromatic N) is 2. The van der Waals surface area contributed by atoms with E-state index in [1.165, 1.54) is 26.3 Å². The summed E-state index contributed by atoms with van der Waals surface area (Å²) >= 11 is 0. The van der Waals surface area contributed by atoms with Crippen LogP contribution in [0.15, 0.2) is 6.20 Å². The van der Waals surface area contributed by atoms with Crippen LogP contribution in [0.1, 0.15) is 42.0 Å². The number of aromatic nitrogens is 2. The minimum atomic E-state index is 0.00501. The fraction of sp³-hybridized carbons (Fsp3) is 0.636. The highest BCUT2D eigenvalue weighted by molar-refractivity contribution is 5.90. The second-order valence-electron chi connectivity index (χ2n) is 4.34. The molecule has 0 saturated carbocycles. The second-order valence-corrected chi connectivity index (χ2v) is 4.34. The van der Waals surface area contributed by atoms with Crippen LogP contribution >= 0.6 is 0 Å². The Balaban J connectivity index is 2.11. The molecule has 1 fully saturated rings. The Hall–Kier alpha value is -1.16. The highest BCUT2D eigenvalue weighted by Crippen LogP contribution is 2.24. The van der Waals surface area contributed by atoms with Crippen LogP contribution < -0.4 is 0 Å². The van der Waals surface area contributed by atoms with Gasteiger partial charge in [0.05, 0.1) is 0 Å². The maximum absolute atomic E-state index is 11.1. The van der Waals surface area contributed by atoms with Crippen LogP contribution in [-0.2, 0) is 0 Å². The molecule has 2 rings (SSSR count). The van der Waals surface area contributed by atoms with Gasteiger partial charge >= 0.3 is 0 Å². The molecule has 1 atom stereocenters. The Kier molecular flexibility index (Phi) is 2.86. The van der Waals surface area contributed by atoms with Gasteiger partial charge in [0.1, 0.15) is 0 Å². The van der Waals surface area contributed by atoms with Gasteiger partial charge in [0.15, 0.2) is 11.6 Å². The van der Waals surface area contributed by atoms with E-state index in [9.17, 15) is 4.79 Å². The number of hydrogen-bond donors (Lipinski definition) is 1. The number of likely N-dealkylation sites (N-methyl/N-ethyl adjacent to an activating group) is 1. The molecule has 0 radical (unpaired) electrons. The number of H-pyrrole nitrogens is 1. The van der Waals surface area contributed by atoms with Crippen molar-refractivity contribution in [1.29, 1.82) is 0 Å². The minimum Gasteiger partial charge on any atom is -0.339 e. The van der Waals surface area contributed by atoms with Crippen LogP contribution in [0.3, 0.4) is 0 Å². The molecule has 0 aromatic carbocycles. The number of nitrogens with one attached hydrogen (secondary N) is 1. The van der Waals surface area contributed by atoms with Crippen LogP contribution in [0, 0.1) is 0 Å². The third kappa shape index (κ3) is 2.26. The number of likely N-dealkylation sites (tertiary alicyclic amines) is 1. The lowest BCUT2D eigenvalue weighted by Crippen LogP contribution is -2.30. The lowest BCUT2D eigenvalue weighted by Gasteiger charge is -2.28. The second kappa shape index (κ2) is 4.14. The largest absolute Gasteiger partial charge is 0.339 e. The minimum absolute atomic E-state index is 0.00501. The van der Waals surface area contributed by atoms with E-state index in [0.717, 1.165) is 12.2 Å². The van der Waals surface area contributed by atoms with Crippen LogP contribution in [0.5, 0.6) is 0 Å². The van der Waals surface area contributed by atoms with Crippen molar-refractivity contribution >= 4 is 5.78 Å². The third-order valence-corrected chi connectivity index (χ3v) is 2.99. The molecule has 0 bridgehead atoms. The fourth-order valence-electron chi connectivity index (χ4n) is 2.14. The number of carbonyl (C=O) groups is 1. The summed E-state index contributed by atoms with van der Waals surface area (Å²) in [6.45, 7) is 3.76. The molecule has 0 spiro atoms. The lowest BCUT2D eigenvalue weighted by atomic mass is 9.96. The van der Waals surface area contributed by atoms with Gasteiger partial charge in [-0.2, -0.15) is 0 Å². The fourth-order valence-corrected chi connectivity index (χ4v) is 2.14. The summed E-state index contributed by atoms with van der Waals surface area (Å²) in [6.07, 6.45) is 4.21. The predicted octanol–water partition coefficient (Wildman–Crippen LogP) is 1.42. The zero-order chi connectivity index (χ0) is 10.8. The molecule has 1 aliphatic heterocycles. The SMILES string of the molecule is CC(=O)c1ncc(C2CCCN(C)C2)[nH]1. The summed E-state index contributed by atoms with van der Waals surface area (Å²) < 4.78 is 0.